The van der Waals surface area contributed by atoms with Crippen LogP contribution in [0.4, 0.5) is 0 Å². The zero-order valence-corrected chi connectivity index (χ0v) is 11.0. The predicted molar refractivity (Wildman–Crippen MR) is 61.1 cm³/mol. The summed E-state index contributed by atoms with van der Waals surface area (Å²) in [5, 5.41) is 43.5. The molecule has 1 aromatic rings. The van der Waals surface area contributed by atoms with E-state index in [1.807, 2.05) is 0 Å². The zero-order chi connectivity index (χ0) is 15.6. The van der Waals surface area contributed by atoms with Crippen molar-refractivity contribution in [1.82, 2.24) is 5.10 Å². The van der Waals surface area contributed by atoms with Gasteiger partial charge in [-0.2, -0.15) is 5.26 Å². The topological polar surface area (TPSA) is 140 Å². The number of nitrogens with zero attached hydrogens (tertiary/aromatic N) is 3. The molecule has 2 N–H and O–H groups in total. The molecule has 1 aliphatic rings. The molecule has 1 aliphatic heterocycles. The first kappa shape index (κ1) is 15.1. The second-order valence-electron chi connectivity index (χ2n) is 4.48. The Balaban J connectivity index is 2.15. The van der Waals surface area contributed by atoms with Gasteiger partial charge in [-0.25, -0.2) is 0 Å². The summed E-state index contributed by atoms with van der Waals surface area (Å²) in [6.07, 6.45) is -3.41. The lowest BCUT2D eigenvalue weighted by molar-refractivity contribution is -0.817. The fourth-order valence-electron chi connectivity index (χ4n) is 1.93. The number of hydrogen-bond donors (Lipinski definition) is 2. The fraction of sp³-hybridized carbons (Fsp3) is 0.500. The Morgan fingerprint density at radius 1 is 1.62 bits per heavy atom. The van der Waals surface area contributed by atoms with Crippen LogP contribution in [0.15, 0.2) is 12.3 Å². The Kier molecular flexibility index (Phi) is 4.32. The number of carbonyl (C=O) groups is 1. The molecule has 9 heteroatoms. The molecule has 0 radical (unpaired) electrons. The molecule has 0 amide bonds. The van der Waals surface area contributed by atoms with Crippen LogP contribution in [0.1, 0.15) is 18.7 Å². The molecule has 0 aromatic carbocycles. The summed E-state index contributed by atoms with van der Waals surface area (Å²) in [5.41, 5.74) is -0.143. The molecule has 112 valence electrons. The Morgan fingerprint density at radius 3 is 2.90 bits per heavy atom. The van der Waals surface area contributed by atoms with Crippen LogP contribution in [0.25, 0.3) is 0 Å². The molecule has 0 unspecified atom stereocenters. The normalized spacial score (nSPS) is 28.1. The lowest BCUT2D eigenvalue weighted by Gasteiger charge is -2.12. The van der Waals surface area contributed by atoms with E-state index in [0.717, 1.165) is 4.68 Å². The number of aliphatic hydroxyl groups is 2. The van der Waals surface area contributed by atoms with Gasteiger partial charge in [0.05, 0.1) is 11.4 Å². The molecule has 2 rings (SSSR count). The SMILES string of the molecule is CC(=O)OC[C@H]1O[C@@H]([n+]2ccc(C#N)c([O-])n2)[C@H](O)[C@@H]1O. The first-order valence-corrected chi connectivity index (χ1v) is 6.08. The highest BCUT2D eigenvalue weighted by Gasteiger charge is 2.49. The average molecular weight is 295 g/mol. The van der Waals surface area contributed by atoms with Gasteiger partial charge in [0.2, 0.25) is 6.20 Å². The molecule has 2 heterocycles. The molecular formula is C12H13N3O6. The minimum atomic E-state index is -1.35. The van der Waals surface area contributed by atoms with Gasteiger partial charge in [0.25, 0.3) is 0 Å². The van der Waals surface area contributed by atoms with Crippen molar-refractivity contribution in [3.05, 3.63) is 17.8 Å². The first-order valence-electron chi connectivity index (χ1n) is 6.08. The minimum Gasteiger partial charge on any atom is -0.854 e. The van der Waals surface area contributed by atoms with Gasteiger partial charge < -0.3 is 24.8 Å². The molecule has 9 nitrogen and oxygen atoms in total. The van der Waals surface area contributed by atoms with Crippen molar-refractivity contribution < 1.29 is 34.3 Å². The third-order valence-corrected chi connectivity index (χ3v) is 3.00. The van der Waals surface area contributed by atoms with E-state index in [0.29, 0.717) is 0 Å². The Hall–Kier alpha value is -2.28. The lowest BCUT2D eigenvalue weighted by Crippen LogP contribution is -2.49. The van der Waals surface area contributed by atoms with Crippen molar-refractivity contribution >= 4 is 5.97 Å². The van der Waals surface area contributed by atoms with Crippen LogP contribution in [0, 0.1) is 11.3 Å². The van der Waals surface area contributed by atoms with Gasteiger partial charge in [-0.15, -0.1) is 0 Å². The summed E-state index contributed by atoms with van der Waals surface area (Å²) in [5.74, 6) is -1.32. The van der Waals surface area contributed by atoms with E-state index in [-0.39, 0.29) is 12.2 Å². The maximum absolute atomic E-state index is 11.5. The van der Waals surface area contributed by atoms with E-state index in [1.165, 1.54) is 19.2 Å². The second-order valence-corrected chi connectivity index (χ2v) is 4.48. The van der Waals surface area contributed by atoms with Crippen molar-refractivity contribution in [3.63, 3.8) is 0 Å². The van der Waals surface area contributed by atoms with Crippen molar-refractivity contribution in [2.24, 2.45) is 0 Å². The van der Waals surface area contributed by atoms with Gasteiger partial charge in [-0.05, 0) is 5.10 Å². The van der Waals surface area contributed by atoms with Crippen molar-refractivity contribution in [2.45, 2.75) is 31.5 Å². The van der Waals surface area contributed by atoms with E-state index in [1.54, 1.807) is 6.07 Å². The smallest absolute Gasteiger partial charge is 0.317 e. The molecule has 1 fully saturated rings. The van der Waals surface area contributed by atoms with Crippen LogP contribution in [0.3, 0.4) is 0 Å². The van der Waals surface area contributed by atoms with Gasteiger partial charge in [-0.1, -0.05) is 4.68 Å². The number of aliphatic hydroxyl groups excluding tert-OH is 2. The van der Waals surface area contributed by atoms with Crippen LogP contribution in [0.5, 0.6) is 5.88 Å². The van der Waals surface area contributed by atoms with Crippen LogP contribution in [0.2, 0.25) is 0 Å². The maximum atomic E-state index is 11.5. The average Bonchev–Trinajstić information content (AvgIpc) is 2.73. The number of aromatic nitrogens is 2. The largest absolute Gasteiger partial charge is 0.854 e. The Morgan fingerprint density at radius 2 is 2.33 bits per heavy atom. The lowest BCUT2D eigenvalue weighted by atomic mass is 10.1. The van der Waals surface area contributed by atoms with Crippen LogP contribution in [-0.4, -0.2) is 46.2 Å². The standard InChI is InChI=1S/C12H13N3O6/c1-6(16)20-5-8-9(17)10(18)12(21-8)15-3-2-7(4-13)11(19)14-15/h2-3,8-10,12,17-18H,5H2,1H3/t8-,9-,10-,12-/m1/s1. The highest BCUT2D eigenvalue weighted by atomic mass is 16.6. The molecule has 1 saturated heterocycles. The molecular weight excluding hydrogens is 282 g/mol. The number of ether oxygens (including phenoxy) is 2. The summed E-state index contributed by atoms with van der Waals surface area (Å²) in [6, 6.07) is 2.91. The van der Waals surface area contributed by atoms with E-state index in [9.17, 15) is 20.1 Å². The number of carbonyl (C=O) groups excluding carboxylic acids is 1. The van der Waals surface area contributed by atoms with Gasteiger partial charge in [-0.3, -0.25) is 4.79 Å². The minimum absolute atomic E-state index is 0.143. The third-order valence-electron chi connectivity index (χ3n) is 3.00. The quantitative estimate of drug-likeness (QED) is 0.460. The number of hydrogen-bond acceptors (Lipinski definition) is 8. The number of esters is 1. The van der Waals surface area contributed by atoms with Gasteiger partial charge >= 0.3 is 12.2 Å². The summed E-state index contributed by atoms with van der Waals surface area (Å²) >= 11 is 0. The number of rotatable bonds is 3. The maximum Gasteiger partial charge on any atom is 0.317 e. The predicted octanol–water partition coefficient (Wildman–Crippen LogP) is -2.50. The Labute approximate surface area is 119 Å². The van der Waals surface area contributed by atoms with Crippen LogP contribution < -0.4 is 9.79 Å². The monoisotopic (exact) mass is 295 g/mol. The highest BCUT2D eigenvalue weighted by Crippen LogP contribution is 2.25. The molecule has 4 atom stereocenters. The third kappa shape index (κ3) is 3.08. The number of nitriles is 1. The van der Waals surface area contributed by atoms with Crippen molar-refractivity contribution in [3.8, 4) is 11.9 Å². The van der Waals surface area contributed by atoms with Gasteiger partial charge in [0, 0.05) is 13.0 Å². The second kappa shape index (κ2) is 6.01. The fourth-order valence-corrected chi connectivity index (χ4v) is 1.93. The van der Waals surface area contributed by atoms with E-state index < -0.39 is 36.4 Å². The molecule has 1 aromatic heterocycles. The van der Waals surface area contributed by atoms with Gasteiger partial charge in [0.15, 0.2) is 6.10 Å². The van der Waals surface area contributed by atoms with Crippen LogP contribution in [-0.2, 0) is 14.3 Å². The highest BCUT2D eigenvalue weighted by molar-refractivity contribution is 5.65. The molecule has 0 saturated carbocycles. The summed E-state index contributed by atoms with van der Waals surface area (Å²) in [7, 11) is 0. The van der Waals surface area contributed by atoms with Crippen molar-refractivity contribution in [1.29, 1.82) is 5.26 Å². The molecule has 0 aliphatic carbocycles. The molecule has 0 bridgehead atoms. The van der Waals surface area contributed by atoms with Gasteiger partial charge in [0.1, 0.15) is 24.9 Å². The zero-order valence-electron chi connectivity index (χ0n) is 11.0. The van der Waals surface area contributed by atoms with E-state index >= 15 is 0 Å². The first-order chi connectivity index (χ1) is 9.93. The van der Waals surface area contributed by atoms with Crippen molar-refractivity contribution in [2.75, 3.05) is 6.61 Å². The van der Waals surface area contributed by atoms with Crippen LogP contribution >= 0.6 is 0 Å². The summed E-state index contributed by atoms with van der Waals surface area (Å²) in [6.45, 7) is 0.973. The summed E-state index contributed by atoms with van der Waals surface area (Å²) < 4.78 is 11.1. The summed E-state index contributed by atoms with van der Waals surface area (Å²) in [4.78, 5) is 10.7. The molecule has 0 spiro atoms. The molecule has 21 heavy (non-hydrogen) atoms. The van der Waals surface area contributed by atoms with E-state index in [2.05, 4.69) is 5.10 Å². The Bertz CT molecular complexity index is 587. The van der Waals surface area contributed by atoms with E-state index in [4.69, 9.17) is 14.7 Å².